The first kappa shape index (κ1) is 43.2. The maximum Gasteiger partial charge on any atom is 0.403 e. The van der Waals surface area contributed by atoms with Gasteiger partial charge in [0.15, 0.2) is 0 Å². The van der Waals surface area contributed by atoms with E-state index in [1.165, 1.54) is 12.0 Å². The van der Waals surface area contributed by atoms with Gasteiger partial charge in [-0.1, -0.05) is 110 Å². The van der Waals surface area contributed by atoms with Crippen LogP contribution in [0.4, 0.5) is 0 Å². The van der Waals surface area contributed by atoms with Gasteiger partial charge in [-0.05, 0) is 83.9 Å². The summed E-state index contributed by atoms with van der Waals surface area (Å²) in [5, 5.41) is -0.0119. The van der Waals surface area contributed by atoms with E-state index in [2.05, 4.69) is 55.2 Å². The molecule has 3 aromatic carbocycles. The van der Waals surface area contributed by atoms with E-state index in [1.807, 2.05) is 99.6 Å². The third kappa shape index (κ3) is 12.6. The Morgan fingerprint density at radius 1 is 0.765 bits per heavy atom. The predicted octanol–water partition coefficient (Wildman–Crippen LogP) is 10.7. The molecule has 2 aliphatic carbocycles. The highest BCUT2D eigenvalue weighted by Crippen LogP contribution is 2.62. The molecule has 3 aromatic rings. The Balaban J connectivity index is 0.000000276. The van der Waals surface area contributed by atoms with Crippen LogP contribution in [0.15, 0.2) is 97.1 Å². The van der Waals surface area contributed by atoms with Gasteiger partial charge in [-0.25, -0.2) is 22.7 Å². The zero-order valence-electron chi connectivity index (χ0n) is 31.6. The van der Waals surface area contributed by atoms with E-state index in [0.717, 1.165) is 34.6 Å². The van der Waals surface area contributed by atoms with Gasteiger partial charge in [0, 0.05) is 6.08 Å². The molecule has 4 atom stereocenters. The van der Waals surface area contributed by atoms with Gasteiger partial charge in [0.25, 0.3) is 0 Å². The fraction of sp³-hybridized carbons (Fsp3) is 0.442. The van der Waals surface area contributed by atoms with Crippen molar-refractivity contribution in [2.75, 3.05) is 11.5 Å². The molecule has 0 heterocycles. The number of ether oxygens (including phenoxy) is 2. The minimum absolute atomic E-state index is 0.0119. The number of benzene rings is 3. The molecule has 0 bridgehead atoms. The number of aryl methyl sites for hydroxylation is 1. The summed E-state index contributed by atoms with van der Waals surface area (Å²) in [5.41, 5.74) is 0.612. The SMILES string of the molecule is CCCS.Cc1ccccc1.[C-]#[N+][C@@]1(C(=O)OC(C)(C)C)C=C1c1ccccc1.[C-]#[N+][C@@]1(C(=O)OC(C)(C)C)[C@@H](SCCC)[C@@H]1c1ccccc1. The molecule has 0 spiro atoms. The van der Waals surface area contributed by atoms with E-state index >= 15 is 0 Å². The lowest BCUT2D eigenvalue weighted by atomic mass is 10.1. The monoisotopic (exact) mass is 726 g/mol. The predicted molar refractivity (Wildman–Crippen MR) is 216 cm³/mol. The fourth-order valence-electron chi connectivity index (χ4n) is 4.97. The van der Waals surface area contributed by atoms with Crippen molar-refractivity contribution in [3.63, 3.8) is 0 Å². The van der Waals surface area contributed by atoms with E-state index in [1.54, 1.807) is 38.6 Å². The number of nitrogens with zero attached hydrogens (tertiary/aromatic N) is 2. The molecule has 0 N–H and O–H groups in total. The largest absolute Gasteiger partial charge is 0.454 e. The van der Waals surface area contributed by atoms with Crippen LogP contribution in [0.25, 0.3) is 15.3 Å². The van der Waals surface area contributed by atoms with E-state index in [9.17, 15) is 9.59 Å². The van der Waals surface area contributed by atoms with E-state index in [0.29, 0.717) is 0 Å². The van der Waals surface area contributed by atoms with Crippen molar-refractivity contribution >= 4 is 41.9 Å². The smallest absolute Gasteiger partial charge is 0.403 e. The topological polar surface area (TPSA) is 61.3 Å². The Labute approximate surface area is 316 Å². The molecule has 0 saturated heterocycles. The van der Waals surface area contributed by atoms with Crippen LogP contribution >= 0.6 is 24.4 Å². The molecule has 0 aromatic heterocycles. The molecule has 1 saturated carbocycles. The molecular formula is C43H54N2O4S2. The number of rotatable bonds is 8. The van der Waals surface area contributed by atoms with Gasteiger partial charge in [-0.3, -0.25) is 9.69 Å². The van der Waals surface area contributed by atoms with Crippen LogP contribution < -0.4 is 0 Å². The van der Waals surface area contributed by atoms with Crippen molar-refractivity contribution in [2.45, 2.75) is 109 Å². The van der Waals surface area contributed by atoms with Crippen LogP contribution in [0.1, 0.15) is 90.8 Å². The summed E-state index contributed by atoms with van der Waals surface area (Å²) >= 11 is 5.64. The summed E-state index contributed by atoms with van der Waals surface area (Å²) in [5.74, 6) is 1.03. The van der Waals surface area contributed by atoms with E-state index in [4.69, 9.17) is 22.6 Å². The molecule has 51 heavy (non-hydrogen) atoms. The zero-order valence-corrected chi connectivity index (χ0v) is 33.3. The Morgan fingerprint density at radius 3 is 1.63 bits per heavy atom. The average molecular weight is 727 g/mol. The second-order valence-electron chi connectivity index (χ2n) is 14.3. The molecule has 6 nitrogen and oxygen atoms in total. The lowest BCUT2D eigenvalue weighted by Crippen LogP contribution is -2.34. The Kier molecular flexibility index (Phi) is 16.6. The standard InChI is InChI=1S/C18H23NO2S.C15H15NO2.C7H8.C3H8S/c1-6-12-22-15-14(13-10-8-7-9-11-13)18(15,19-5)16(20)21-17(2,3)4;1-14(2,3)18-13(17)15(16-4)10-12(15)11-8-6-5-7-9-11;1-7-5-3-2-4-6-7;1-2-3-4/h7-11,14-15H,6,12H2,1-4H3;5-10H,1-3H3;2-6H,1H3;4H,2-3H2,1H3/t14-,15-,18+;15-;;/m00../s1. The number of thiol groups is 1. The summed E-state index contributed by atoms with van der Waals surface area (Å²) in [6, 6.07) is 29.6. The van der Waals surface area contributed by atoms with Crippen LogP contribution in [-0.2, 0) is 19.1 Å². The van der Waals surface area contributed by atoms with Gasteiger partial charge in [0.05, 0.1) is 11.5 Å². The van der Waals surface area contributed by atoms with E-state index < -0.39 is 28.2 Å². The first-order valence-electron chi connectivity index (χ1n) is 17.4. The fourth-order valence-corrected chi connectivity index (χ4v) is 6.49. The molecule has 5 rings (SSSR count). The summed E-state index contributed by atoms with van der Waals surface area (Å²) in [7, 11) is 0. The van der Waals surface area contributed by atoms with Gasteiger partial charge in [0.1, 0.15) is 16.5 Å². The van der Waals surface area contributed by atoms with Gasteiger partial charge >= 0.3 is 23.0 Å². The third-order valence-electron chi connectivity index (χ3n) is 7.49. The number of hydrogen-bond donors (Lipinski definition) is 1. The van der Waals surface area contributed by atoms with Crippen molar-refractivity contribution in [1.29, 1.82) is 0 Å². The molecule has 0 aliphatic heterocycles. The van der Waals surface area contributed by atoms with Crippen molar-refractivity contribution in [1.82, 2.24) is 0 Å². The Hall–Kier alpha value is -3.98. The van der Waals surface area contributed by atoms with Crippen molar-refractivity contribution < 1.29 is 19.1 Å². The maximum atomic E-state index is 12.7. The lowest BCUT2D eigenvalue weighted by Gasteiger charge is -2.20. The van der Waals surface area contributed by atoms with Crippen LogP contribution in [0.3, 0.4) is 0 Å². The molecule has 1 fully saturated rings. The molecule has 0 radical (unpaired) electrons. The average Bonchev–Trinajstić information content (AvgIpc) is 4.00. The molecule has 272 valence electrons. The zero-order chi connectivity index (χ0) is 38.3. The van der Waals surface area contributed by atoms with Crippen LogP contribution in [0.2, 0.25) is 0 Å². The summed E-state index contributed by atoms with van der Waals surface area (Å²) < 4.78 is 10.9. The van der Waals surface area contributed by atoms with Crippen LogP contribution in [0.5, 0.6) is 0 Å². The number of esters is 2. The number of carbonyl (C=O) groups is 2. The molecule has 8 heteroatoms. The Morgan fingerprint density at radius 2 is 1.24 bits per heavy atom. The number of carbonyl (C=O) groups excluding carboxylic acids is 2. The van der Waals surface area contributed by atoms with Crippen molar-refractivity contribution in [3.8, 4) is 0 Å². The summed E-state index contributed by atoms with van der Waals surface area (Å²) in [6.45, 7) is 32.1. The van der Waals surface area contributed by atoms with E-state index in [-0.39, 0.29) is 17.1 Å². The van der Waals surface area contributed by atoms with Crippen LogP contribution in [0, 0.1) is 20.1 Å². The second kappa shape index (κ2) is 19.6. The van der Waals surface area contributed by atoms with Gasteiger partial charge in [0.2, 0.25) is 0 Å². The summed E-state index contributed by atoms with van der Waals surface area (Å²) in [6.07, 6.45) is 3.89. The molecule has 2 aliphatic rings. The molecule has 0 unspecified atom stereocenters. The van der Waals surface area contributed by atoms with Gasteiger partial charge in [-0.15, -0.1) is 11.8 Å². The number of thioether (sulfide) groups is 1. The highest BCUT2D eigenvalue weighted by molar-refractivity contribution is 8.00. The Bertz CT molecular complexity index is 1650. The minimum Gasteiger partial charge on any atom is -0.454 e. The summed E-state index contributed by atoms with van der Waals surface area (Å²) in [4.78, 5) is 32.0. The maximum absolute atomic E-state index is 12.7. The van der Waals surface area contributed by atoms with Crippen molar-refractivity contribution in [3.05, 3.63) is 137 Å². The quantitative estimate of drug-likeness (QED) is 0.142. The highest BCUT2D eigenvalue weighted by atomic mass is 32.2. The first-order chi connectivity index (χ1) is 24.1. The second-order valence-corrected chi connectivity index (χ2v) is 16.0. The minimum atomic E-state index is -1.20. The number of hydrogen-bond acceptors (Lipinski definition) is 6. The lowest BCUT2D eigenvalue weighted by molar-refractivity contribution is -0.157. The first-order valence-corrected chi connectivity index (χ1v) is 19.1. The van der Waals surface area contributed by atoms with Gasteiger partial charge in [-0.2, -0.15) is 12.6 Å². The normalized spacial score (nSPS) is 21.1. The third-order valence-corrected chi connectivity index (χ3v) is 9.57. The van der Waals surface area contributed by atoms with Crippen molar-refractivity contribution in [2.24, 2.45) is 0 Å². The highest BCUT2D eigenvalue weighted by Gasteiger charge is 2.80. The molecule has 0 amide bonds. The molecular weight excluding hydrogens is 673 g/mol. The van der Waals surface area contributed by atoms with Gasteiger partial charge < -0.3 is 9.47 Å². The van der Waals surface area contributed by atoms with Crippen LogP contribution in [-0.4, -0.2) is 51.0 Å².